The molecule has 1 atom stereocenters. The van der Waals surface area contributed by atoms with Gasteiger partial charge in [0, 0.05) is 18.6 Å². The maximum atomic E-state index is 13.1. The summed E-state index contributed by atoms with van der Waals surface area (Å²) in [5, 5.41) is 4.54. The zero-order valence-corrected chi connectivity index (χ0v) is 17.5. The maximum absolute atomic E-state index is 13.1. The molecule has 2 heterocycles. The van der Waals surface area contributed by atoms with Crippen LogP contribution in [0.1, 0.15) is 38.1 Å². The first-order valence-electron chi connectivity index (χ1n) is 9.91. The third-order valence-corrected chi connectivity index (χ3v) is 8.17. The lowest BCUT2D eigenvalue weighted by molar-refractivity contribution is -0.145. The van der Waals surface area contributed by atoms with E-state index >= 15 is 0 Å². The van der Waals surface area contributed by atoms with E-state index in [4.69, 9.17) is 14.2 Å². The number of carbonyl (C=O) groups excluding carboxylic acids is 1. The number of aromatic nitrogens is 2. The van der Waals surface area contributed by atoms with E-state index < -0.39 is 15.9 Å². The molecule has 1 aliphatic heterocycles. The minimum absolute atomic E-state index is 0.168. The Bertz CT molecular complexity index is 1010. The van der Waals surface area contributed by atoms with E-state index in [9.17, 15) is 13.2 Å². The summed E-state index contributed by atoms with van der Waals surface area (Å²) in [6.45, 7) is 1.36. The lowest BCUT2D eigenvalue weighted by Gasteiger charge is -2.26. The van der Waals surface area contributed by atoms with Crippen molar-refractivity contribution in [1.82, 2.24) is 9.78 Å². The van der Waals surface area contributed by atoms with Crippen LogP contribution in [0.4, 0.5) is 0 Å². The van der Waals surface area contributed by atoms with Gasteiger partial charge in [-0.15, -0.1) is 0 Å². The first-order valence-corrected chi connectivity index (χ1v) is 11.5. The molecule has 1 saturated heterocycles. The molecule has 0 spiro atoms. The molecule has 2 aliphatic rings. The van der Waals surface area contributed by atoms with Gasteiger partial charge in [-0.05, 0) is 50.2 Å². The van der Waals surface area contributed by atoms with E-state index in [0.29, 0.717) is 55.0 Å². The number of fused-ring (bicyclic) bond motifs is 1. The van der Waals surface area contributed by atoms with E-state index in [1.807, 2.05) is 0 Å². The minimum atomic E-state index is -3.51. The summed E-state index contributed by atoms with van der Waals surface area (Å²) in [6.07, 6.45) is 5.16. The van der Waals surface area contributed by atoms with Crippen LogP contribution in [0.2, 0.25) is 0 Å². The van der Waals surface area contributed by atoms with E-state index in [2.05, 4.69) is 5.10 Å². The molecule has 1 unspecified atom stereocenters. The number of carbonyl (C=O) groups is 1. The fraction of sp³-hybridized carbons (Fsp3) is 0.600. The predicted octanol–water partition coefficient (Wildman–Crippen LogP) is 2.51. The largest absolute Gasteiger partial charge is 0.495 e. The number of ether oxygens (including phenoxy) is 3. The van der Waals surface area contributed by atoms with Crippen molar-refractivity contribution in [2.24, 2.45) is 5.92 Å². The van der Waals surface area contributed by atoms with Crippen LogP contribution in [0.5, 0.6) is 5.75 Å². The molecule has 2 fully saturated rings. The lowest BCUT2D eigenvalue weighted by atomic mass is 9.92. The Morgan fingerprint density at radius 2 is 1.97 bits per heavy atom. The van der Waals surface area contributed by atoms with Crippen LogP contribution in [-0.4, -0.2) is 56.9 Å². The summed E-state index contributed by atoms with van der Waals surface area (Å²) in [5.41, 5.74) is 0.590. The van der Waals surface area contributed by atoms with Gasteiger partial charge >= 0.3 is 5.97 Å². The average Bonchev–Trinajstić information content (AvgIpc) is 3.52. The van der Waals surface area contributed by atoms with Gasteiger partial charge in [0.05, 0.1) is 31.2 Å². The van der Waals surface area contributed by atoms with Gasteiger partial charge in [0.1, 0.15) is 16.7 Å². The van der Waals surface area contributed by atoms with Gasteiger partial charge in [-0.2, -0.15) is 5.10 Å². The van der Waals surface area contributed by atoms with Crippen LogP contribution < -0.4 is 4.74 Å². The number of esters is 1. The van der Waals surface area contributed by atoms with Gasteiger partial charge in [0.15, 0.2) is 9.84 Å². The Kier molecular flexibility index (Phi) is 5.52. The first-order chi connectivity index (χ1) is 14.0. The molecular formula is C20H26N2O6S. The smallest absolute Gasteiger partial charge is 0.330 e. The Morgan fingerprint density at radius 3 is 2.59 bits per heavy atom. The Hall–Kier alpha value is -2.13. The zero-order valence-electron chi connectivity index (χ0n) is 16.7. The highest BCUT2D eigenvalue weighted by atomic mass is 32.2. The van der Waals surface area contributed by atoms with Crippen molar-refractivity contribution < 1.29 is 27.4 Å². The highest BCUT2D eigenvalue weighted by molar-refractivity contribution is 7.92. The van der Waals surface area contributed by atoms with E-state index in [1.165, 1.54) is 20.4 Å². The van der Waals surface area contributed by atoms with Crippen LogP contribution in [-0.2, 0) is 24.1 Å². The molecule has 0 amide bonds. The molecule has 8 nitrogen and oxygen atoms in total. The second-order valence-electron chi connectivity index (χ2n) is 7.69. The van der Waals surface area contributed by atoms with E-state index in [0.717, 1.165) is 12.8 Å². The summed E-state index contributed by atoms with van der Waals surface area (Å²) >= 11 is 0. The molecule has 4 rings (SSSR count). The van der Waals surface area contributed by atoms with Crippen molar-refractivity contribution in [3.05, 3.63) is 18.3 Å². The number of nitrogens with zero attached hydrogens (tertiary/aromatic N) is 2. The molecule has 0 bridgehead atoms. The first kappa shape index (κ1) is 20.2. The highest BCUT2D eigenvalue weighted by Gasteiger charge is 2.40. The second-order valence-corrected chi connectivity index (χ2v) is 9.86. The minimum Gasteiger partial charge on any atom is -0.495 e. The molecule has 1 aliphatic carbocycles. The average molecular weight is 423 g/mol. The van der Waals surface area contributed by atoms with Crippen LogP contribution in [0.25, 0.3) is 10.9 Å². The fourth-order valence-corrected chi connectivity index (χ4v) is 6.04. The molecule has 0 radical (unpaired) electrons. The van der Waals surface area contributed by atoms with Crippen molar-refractivity contribution in [2.75, 3.05) is 27.4 Å². The van der Waals surface area contributed by atoms with Crippen molar-refractivity contribution in [2.45, 2.75) is 48.3 Å². The third kappa shape index (κ3) is 3.73. The Morgan fingerprint density at radius 1 is 1.24 bits per heavy atom. The van der Waals surface area contributed by atoms with Crippen molar-refractivity contribution >= 4 is 26.7 Å². The molecule has 29 heavy (non-hydrogen) atoms. The second kappa shape index (κ2) is 7.95. The number of methoxy groups -OCH3 is 2. The summed E-state index contributed by atoms with van der Waals surface area (Å²) in [5.74, 6) is 0.243. The van der Waals surface area contributed by atoms with Crippen LogP contribution in [0.15, 0.2) is 23.2 Å². The van der Waals surface area contributed by atoms with Gasteiger partial charge in [-0.1, -0.05) is 0 Å². The van der Waals surface area contributed by atoms with Gasteiger partial charge in [-0.3, -0.25) is 4.68 Å². The van der Waals surface area contributed by atoms with Crippen molar-refractivity contribution in [1.29, 1.82) is 0 Å². The third-order valence-electron chi connectivity index (χ3n) is 5.83. The fourth-order valence-electron chi connectivity index (χ4n) is 4.05. The molecule has 158 valence electrons. The van der Waals surface area contributed by atoms with Gasteiger partial charge in [0.25, 0.3) is 0 Å². The zero-order chi connectivity index (χ0) is 20.6. The highest BCUT2D eigenvalue weighted by Crippen LogP contribution is 2.41. The van der Waals surface area contributed by atoms with Crippen molar-refractivity contribution in [3.8, 4) is 5.75 Å². The topological polar surface area (TPSA) is 96.7 Å². The summed E-state index contributed by atoms with van der Waals surface area (Å²) < 4.78 is 43.5. The van der Waals surface area contributed by atoms with Crippen LogP contribution >= 0.6 is 0 Å². The van der Waals surface area contributed by atoms with Crippen LogP contribution in [0.3, 0.4) is 0 Å². The molecular weight excluding hydrogens is 396 g/mol. The van der Waals surface area contributed by atoms with E-state index in [-0.39, 0.29) is 16.1 Å². The Balaban J connectivity index is 1.79. The predicted molar refractivity (Wildman–Crippen MR) is 106 cm³/mol. The number of rotatable bonds is 7. The molecule has 2 aromatic rings. The van der Waals surface area contributed by atoms with Crippen LogP contribution in [0, 0.1) is 5.92 Å². The molecule has 9 heteroatoms. The molecule has 1 aromatic carbocycles. The van der Waals surface area contributed by atoms with Gasteiger partial charge < -0.3 is 14.2 Å². The number of hydrogen-bond acceptors (Lipinski definition) is 7. The number of sulfone groups is 1. The molecule has 1 saturated carbocycles. The Labute approximate surface area is 170 Å². The van der Waals surface area contributed by atoms with Gasteiger partial charge in [0.2, 0.25) is 0 Å². The maximum Gasteiger partial charge on any atom is 0.330 e. The number of hydrogen-bond donors (Lipinski definition) is 0. The van der Waals surface area contributed by atoms with Gasteiger partial charge in [-0.25, -0.2) is 13.2 Å². The summed E-state index contributed by atoms with van der Waals surface area (Å²) in [4.78, 5) is 12.8. The SMILES string of the molecule is COC(=O)C(CC1CCOCC1)n1ncc2c(S(=O)(=O)C3CC3)c(OC)ccc21. The summed E-state index contributed by atoms with van der Waals surface area (Å²) in [7, 11) is -0.695. The lowest BCUT2D eigenvalue weighted by Crippen LogP contribution is -2.27. The normalized spacial score (nSPS) is 19.2. The van der Waals surface area contributed by atoms with E-state index in [1.54, 1.807) is 16.8 Å². The molecule has 0 N–H and O–H groups in total. The monoisotopic (exact) mass is 422 g/mol. The summed E-state index contributed by atoms with van der Waals surface area (Å²) in [6, 6.07) is 2.77. The number of benzene rings is 1. The quantitative estimate of drug-likeness (QED) is 0.633. The standard InChI is InChI=1S/C20H26N2O6S/c1-26-18-6-5-16-15(19(18)29(24,25)14-3-4-14)12-21-22(16)17(20(23)27-2)11-13-7-9-28-10-8-13/h5-6,12-14,17H,3-4,7-11H2,1-2H3. The van der Waals surface area contributed by atoms with Crippen molar-refractivity contribution in [3.63, 3.8) is 0 Å². The molecule has 1 aromatic heterocycles.